The second-order valence-electron chi connectivity index (χ2n) is 36.2. The third kappa shape index (κ3) is 13.7. The molecule has 6 aromatic heterocycles. The van der Waals surface area contributed by atoms with E-state index >= 15 is 0 Å². The summed E-state index contributed by atoms with van der Waals surface area (Å²) in [5, 5.41) is 14.7. The molecule has 0 atom stereocenters. The lowest BCUT2D eigenvalue weighted by atomic mass is 9.93. The molecule has 644 valence electrons. The first kappa shape index (κ1) is 79.8. The summed E-state index contributed by atoms with van der Waals surface area (Å²) >= 11 is 1.88. The topological polar surface area (TPSA) is 32.9 Å². The molecule has 28 aromatic rings. The molecule has 0 radical (unpaired) electrons. The molecule has 0 aliphatic rings. The summed E-state index contributed by atoms with van der Waals surface area (Å²) in [4.78, 5) is 0. The van der Waals surface area contributed by atoms with Crippen LogP contribution in [-0.4, -0.2) is 18.3 Å². The summed E-state index contributed by atoms with van der Waals surface area (Å²) in [5.74, 6) is 0. The van der Waals surface area contributed by atoms with Crippen LogP contribution in [0.2, 0.25) is 0 Å². The van der Waals surface area contributed by atoms with E-state index in [1.165, 1.54) is 208 Å². The van der Waals surface area contributed by atoms with Crippen molar-refractivity contribution < 1.29 is 4.42 Å². The van der Waals surface area contributed by atoms with Crippen molar-refractivity contribution >= 4 is 141 Å². The van der Waals surface area contributed by atoms with Gasteiger partial charge in [-0.15, -0.1) is 11.3 Å². The third-order valence-electron chi connectivity index (χ3n) is 28.2. The number of nitrogens with zero attached hydrogens (tertiary/aromatic N) is 4. The number of hydrogen-bond acceptors (Lipinski definition) is 2. The highest BCUT2D eigenvalue weighted by Gasteiger charge is 2.24. The zero-order chi connectivity index (χ0) is 90.8. The van der Waals surface area contributed by atoms with Gasteiger partial charge in [-0.2, -0.15) is 0 Å². The maximum absolute atomic E-state index is 6.37. The van der Waals surface area contributed by atoms with Crippen LogP contribution in [0.25, 0.3) is 263 Å². The van der Waals surface area contributed by atoms with Crippen LogP contribution in [0, 0.1) is 0 Å². The zero-order valence-electron chi connectivity index (χ0n) is 75.1. The fraction of sp³-hybridized carbons (Fsp3) is 0. The maximum Gasteiger partial charge on any atom is 0.137 e. The summed E-state index contributed by atoms with van der Waals surface area (Å²) in [6, 6.07) is 186. The van der Waals surface area contributed by atoms with Crippen molar-refractivity contribution in [3.63, 3.8) is 0 Å². The largest absolute Gasteiger partial charge is 0.456 e. The molecule has 0 saturated heterocycles. The fourth-order valence-corrected chi connectivity index (χ4v) is 22.8. The Hall–Kier alpha value is -17.9. The van der Waals surface area contributed by atoms with Gasteiger partial charge in [-0.25, -0.2) is 0 Å². The summed E-state index contributed by atoms with van der Waals surface area (Å²) in [6.07, 6.45) is 0. The Labute approximate surface area is 801 Å². The standard InChI is InChI=1S/C66H42N2O.C66H42N2S/c1-4-15-43(16-5-1)47-27-32-63-59(39-47)60-41-49(48-28-33-62-58(40-48)55-23-10-12-25-61(55)68(62)54-30-31-57-56-24-11-13-26-65(56)69-66(57)42-54)29-34-64(60)67(63)53-22-14-21-46(38-53)52-36-50(44-17-6-2-7-18-44)35-51(37-52)45-19-8-3-9-20-45;1-4-16-43(17-5-1)47-30-33-61-58(40-47)59-42-49(48-32-35-63-57(41-48)54-24-10-12-27-60(54)68(63)64-28-15-26-56-55-25-11-13-29-65(55)69-66(56)64)31-34-62(59)67(61)53-23-14-22-46(39-53)52-37-50(44-18-6-2-7-19-44)36-51(38-52)45-20-8-3-9-21-45/h2*1-42H. The van der Waals surface area contributed by atoms with Gasteiger partial charge in [0.05, 0.1) is 54.5 Å². The molecule has 0 unspecified atom stereocenters. The second-order valence-corrected chi connectivity index (χ2v) is 37.2. The van der Waals surface area contributed by atoms with E-state index in [9.17, 15) is 0 Å². The molecular formula is C132H84N4OS. The SMILES string of the molecule is c1ccc(-c2cc(-c3ccccc3)cc(-c3cccc(-n4c5ccc(-c6ccccc6)cc5c5cc(-c6ccc7c(c6)c6ccccc6n7-c6ccc7c(c6)oc6ccccc67)ccc54)c3)c2)cc1.c1ccc(-c2cc(-c3ccccc3)cc(-c3cccc(-n4c5ccc(-c6ccccc6)cc5c5cc(-c6ccc7c(c6)c6ccccc6n7-c6cccc7c6sc6ccccc67)ccc54)c3)c2)cc1. The summed E-state index contributed by atoms with van der Waals surface area (Å²) in [5.41, 5.74) is 39.6. The second kappa shape index (κ2) is 33.1. The van der Waals surface area contributed by atoms with Crippen molar-refractivity contribution in [2.75, 3.05) is 0 Å². The first-order chi connectivity index (χ1) is 68.4. The van der Waals surface area contributed by atoms with Gasteiger partial charge >= 0.3 is 0 Å². The average Bonchev–Trinajstić information content (AvgIpc) is 1.58. The van der Waals surface area contributed by atoms with Gasteiger partial charge in [0, 0.05) is 92.5 Å². The van der Waals surface area contributed by atoms with E-state index in [4.69, 9.17) is 4.42 Å². The van der Waals surface area contributed by atoms with Gasteiger partial charge in [0.2, 0.25) is 0 Å². The van der Waals surface area contributed by atoms with Crippen LogP contribution in [0.5, 0.6) is 0 Å². The highest BCUT2D eigenvalue weighted by atomic mass is 32.1. The summed E-state index contributed by atoms with van der Waals surface area (Å²) in [7, 11) is 0. The Morgan fingerprint density at radius 2 is 0.406 bits per heavy atom. The van der Waals surface area contributed by atoms with Crippen molar-refractivity contribution in [1.29, 1.82) is 0 Å². The number of para-hydroxylation sites is 3. The lowest BCUT2D eigenvalue weighted by molar-refractivity contribution is 0.668. The molecule has 22 aromatic carbocycles. The Morgan fingerprint density at radius 1 is 0.138 bits per heavy atom. The van der Waals surface area contributed by atoms with Crippen LogP contribution in [-0.2, 0) is 0 Å². The molecule has 0 aliphatic carbocycles. The van der Waals surface area contributed by atoms with Gasteiger partial charge in [0.15, 0.2) is 0 Å². The molecule has 0 spiro atoms. The number of aromatic nitrogens is 4. The van der Waals surface area contributed by atoms with Crippen LogP contribution in [0.4, 0.5) is 0 Å². The van der Waals surface area contributed by atoms with E-state index in [0.717, 1.165) is 55.6 Å². The van der Waals surface area contributed by atoms with Gasteiger partial charge in [0.1, 0.15) is 11.2 Å². The number of benzene rings is 22. The lowest BCUT2D eigenvalue weighted by Gasteiger charge is -2.14. The number of rotatable bonds is 14. The molecule has 0 saturated carbocycles. The van der Waals surface area contributed by atoms with Gasteiger partial charge in [-0.05, 0) is 287 Å². The van der Waals surface area contributed by atoms with Crippen LogP contribution in [0.1, 0.15) is 0 Å². The van der Waals surface area contributed by atoms with E-state index in [1.54, 1.807) is 0 Å². The van der Waals surface area contributed by atoms with E-state index in [1.807, 2.05) is 23.5 Å². The minimum atomic E-state index is 0.889. The number of hydrogen-bond donors (Lipinski definition) is 0. The van der Waals surface area contributed by atoms with Gasteiger partial charge in [0.25, 0.3) is 0 Å². The van der Waals surface area contributed by atoms with Crippen molar-refractivity contribution in [3.8, 4) is 134 Å². The number of fused-ring (bicyclic) bond motifs is 18. The Balaban J connectivity index is 0.000000139. The molecule has 6 heteroatoms. The van der Waals surface area contributed by atoms with E-state index in [-0.39, 0.29) is 0 Å². The van der Waals surface area contributed by atoms with Crippen LogP contribution >= 0.6 is 11.3 Å². The molecule has 0 fully saturated rings. The van der Waals surface area contributed by atoms with E-state index in [0.29, 0.717) is 0 Å². The number of thiophene rings is 1. The van der Waals surface area contributed by atoms with Crippen molar-refractivity contribution in [2.45, 2.75) is 0 Å². The predicted octanol–water partition coefficient (Wildman–Crippen LogP) is 36.7. The Kier molecular flexibility index (Phi) is 19.1. The summed E-state index contributed by atoms with van der Waals surface area (Å²) in [6.45, 7) is 0. The highest BCUT2D eigenvalue weighted by molar-refractivity contribution is 7.26. The first-order valence-electron chi connectivity index (χ1n) is 47.3. The Morgan fingerprint density at radius 3 is 0.812 bits per heavy atom. The minimum Gasteiger partial charge on any atom is -0.456 e. The predicted molar refractivity (Wildman–Crippen MR) is 585 cm³/mol. The molecule has 0 aliphatic heterocycles. The van der Waals surface area contributed by atoms with Gasteiger partial charge < -0.3 is 22.7 Å². The number of furan rings is 1. The zero-order valence-corrected chi connectivity index (χ0v) is 75.9. The van der Waals surface area contributed by atoms with Crippen molar-refractivity contribution in [2.24, 2.45) is 0 Å². The minimum absolute atomic E-state index is 0.889. The smallest absolute Gasteiger partial charge is 0.137 e. The van der Waals surface area contributed by atoms with Crippen molar-refractivity contribution in [1.82, 2.24) is 18.3 Å². The third-order valence-corrected chi connectivity index (χ3v) is 29.4. The molecule has 28 rings (SSSR count). The quantitative estimate of drug-likeness (QED) is 0.107. The molecule has 0 N–H and O–H groups in total. The molecular weight excluding hydrogens is 1690 g/mol. The van der Waals surface area contributed by atoms with E-state index < -0.39 is 0 Å². The van der Waals surface area contributed by atoms with E-state index in [2.05, 4.69) is 516 Å². The normalized spacial score (nSPS) is 11.8. The molecule has 0 amide bonds. The molecule has 6 heterocycles. The van der Waals surface area contributed by atoms with Crippen LogP contribution in [0.15, 0.2) is 514 Å². The highest BCUT2D eigenvalue weighted by Crippen LogP contribution is 2.48. The molecule has 5 nitrogen and oxygen atoms in total. The molecule has 138 heavy (non-hydrogen) atoms. The van der Waals surface area contributed by atoms with Crippen molar-refractivity contribution in [3.05, 3.63) is 510 Å². The lowest BCUT2D eigenvalue weighted by Crippen LogP contribution is -1.95. The monoisotopic (exact) mass is 1770 g/mol. The maximum atomic E-state index is 6.37. The summed E-state index contributed by atoms with van der Waals surface area (Å²) < 4.78 is 18.7. The Bertz CT molecular complexity index is 9580. The van der Waals surface area contributed by atoms with Crippen LogP contribution < -0.4 is 0 Å². The molecule has 0 bridgehead atoms. The fourth-order valence-electron chi connectivity index (χ4n) is 21.6. The average molecular weight is 1770 g/mol. The van der Waals surface area contributed by atoms with Crippen LogP contribution in [0.3, 0.4) is 0 Å². The first-order valence-corrected chi connectivity index (χ1v) is 48.1. The van der Waals surface area contributed by atoms with Gasteiger partial charge in [-0.3, -0.25) is 0 Å². The van der Waals surface area contributed by atoms with Gasteiger partial charge in [-0.1, -0.05) is 328 Å².